The average molecular weight is 581 g/mol. The quantitative estimate of drug-likeness (QED) is 0.199. The topological polar surface area (TPSA) is 45.5 Å². The Morgan fingerprint density at radius 2 is 1.47 bits per heavy atom. The zero-order valence-electron chi connectivity index (χ0n) is 25.3. The molecule has 0 unspecified atom stereocenters. The fraction of sp³-hybridized carbons (Fsp3) is 0.179. The van der Waals surface area contributed by atoms with Crippen LogP contribution in [0.3, 0.4) is 0 Å². The number of nitrogens with zero attached hydrogens (tertiary/aromatic N) is 2. The van der Waals surface area contributed by atoms with E-state index in [9.17, 15) is 5.11 Å². The van der Waals surface area contributed by atoms with Gasteiger partial charge in [0.2, 0.25) is 0 Å². The highest BCUT2D eigenvalue weighted by Crippen LogP contribution is 2.40. The van der Waals surface area contributed by atoms with Gasteiger partial charge in [-0.05, 0) is 75.5 Å². The molecule has 214 valence electrons. The van der Waals surface area contributed by atoms with Crippen LogP contribution in [-0.4, -0.2) is 16.3 Å². The van der Waals surface area contributed by atoms with Crippen molar-refractivity contribution in [2.75, 3.05) is 0 Å². The second kappa shape index (κ2) is 11.6. The van der Waals surface area contributed by atoms with Crippen LogP contribution in [0.15, 0.2) is 114 Å². The van der Waals surface area contributed by atoms with E-state index in [1.54, 1.807) is 23.6 Å². The van der Waals surface area contributed by atoms with Gasteiger partial charge in [-0.2, -0.15) is 0 Å². The highest BCUT2D eigenvalue weighted by molar-refractivity contribution is 7.21. The molecule has 0 amide bonds. The minimum Gasteiger partial charge on any atom is -0.507 e. The molecule has 43 heavy (non-hydrogen) atoms. The first-order valence-electron chi connectivity index (χ1n) is 14.7. The summed E-state index contributed by atoms with van der Waals surface area (Å²) in [5, 5.41) is 11.4. The van der Waals surface area contributed by atoms with Gasteiger partial charge in [-0.3, -0.25) is 4.99 Å². The lowest BCUT2D eigenvalue weighted by molar-refractivity contribution is 0.473. The summed E-state index contributed by atoms with van der Waals surface area (Å²) in [5.74, 6) is 0.733. The Bertz CT molecular complexity index is 1940. The molecular formula is C39H36N2OS. The Hall–Kier alpha value is -4.54. The number of aliphatic imine (C=N–C) groups is 1. The van der Waals surface area contributed by atoms with Gasteiger partial charge in [0.1, 0.15) is 10.8 Å². The van der Waals surface area contributed by atoms with Crippen molar-refractivity contribution in [3.63, 3.8) is 0 Å². The maximum Gasteiger partial charge on any atom is 0.126 e. The predicted octanol–water partition coefficient (Wildman–Crippen LogP) is 11.2. The Labute approximate surface area is 258 Å². The van der Waals surface area contributed by atoms with Crippen LogP contribution in [0, 0.1) is 0 Å². The first-order valence-corrected chi connectivity index (χ1v) is 15.6. The number of thiazole rings is 1. The highest BCUT2D eigenvalue weighted by Gasteiger charge is 2.16. The molecule has 4 heteroatoms. The molecule has 3 nitrogen and oxygen atoms in total. The van der Waals surface area contributed by atoms with Gasteiger partial charge in [-0.25, -0.2) is 4.98 Å². The lowest BCUT2D eigenvalue weighted by Gasteiger charge is -2.19. The Balaban J connectivity index is 1.36. The van der Waals surface area contributed by atoms with Gasteiger partial charge in [0, 0.05) is 22.9 Å². The first-order chi connectivity index (χ1) is 20.7. The fourth-order valence-electron chi connectivity index (χ4n) is 5.25. The number of benzene rings is 5. The van der Waals surface area contributed by atoms with E-state index >= 15 is 0 Å². The van der Waals surface area contributed by atoms with E-state index in [1.165, 1.54) is 16.7 Å². The minimum atomic E-state index is -0.0230. The second-order valence-corrected chi connectivity index (χ2v) is 13.4. The van der Waals surface area contributed by atoms with Crippen molar-refractivity contribution in [3.05, 3.63) is 126 Å². The minimum absolute atomic E-state index is 0.0230. The van der Waals surface area contributed by atoms with Crippen LogP contribution in [0.1, 0.15) is 57.2 Å². The summed E-state index contributed by atoms with van der Waals surface area (Å²) in [5.41, 5.74) is 10.6. The van der Waals surface area contributed by atoms with Crippen LogP contribution in [0.2, 0.25) is 0 Å². The van der Waals surface area contributed by atoms with Gasteiger partial charge in [0.25, 0.3) is 0 Å². The molecule has 0 radical (unpaired) electrons. The van der Waals surface area contributed by atoms with Crippen LogP contribution in [0.25, 0.3) is 43.0 Å². The Morgan fingerprint density at radius 1 is 0.744 bits per heavy atom. The van der Waals surface area contributed by atoms with E-state index in [4.69, 9.17) is 9.98 Å². The number of rotatable bonds is 6. The zero-order valence-corrected chi connectivity index (χ0v) is 26.1. The van der Waals surface area contributed by atoms with Gasteiger partial charge < -0.3 is 5.11 Å². The van der Waals surface area contributed by atoms with Crippen LogP contribution in [-0.2, 0) is 5.41 Å². The van der Waals surface area contributed by atoms with E-state index in [0.717, 1.165) is 43.2 Å². The smallest absolute Gasteiger partial charge is 0.126 e. The summed E-state index contributed by atoms with van der Waals surface area (Å²) in [6, 6.07) is 37.8. The first kappa shape index (κ1) is 28.6. The molecule has 0 saturated carbocycles. The third-order valence-corrected chi connectivity index (χ3v) is 8.93. The number of phenolic OH excluding ortho intramolecular Hbond substituents is 1. The van der Waals surface area contributed by atoms with Crippen molar-refractivity contribution in [1.82, 2.24) is 4.98 Å². The predicted molar refractivity (Wildman–Crippen MR) is 184 cm³/mol. The molecule has 6 aromatic rings. The molecule has 6 rings (SSSR count). The lowest BCUT2D eigenvalue weighted by Crippen LogP contribution is -2.11. The molecule has 0 fully saturated rings. The summed E-state index contributed by atoms with van der Waals surface area (Å²) >= 11 is 1.67. The monoisotopic (exact) mass is 580 g/mol. The molecule has 5 aromatic carbocycles. The van der Waals surface area contributed by atoms with Crippen LogP contribution >= 0.6 is 11.3 Å². The lowest BCUT2D eigenvalue weighted by atomic mass is 9.86. The number of aromatic nitrogens is 1. The SMILES string of the molecule is CC(C)c1ccc(-c2cccc(-c3cccc4sc(-c5ccccc5N=Cc5cc(C(C)(C)C)ccc5O)nc34)c2)cc1. The molecule has 0 aliphatic carbocycles. The van der Waals surface area contributed by atoms with E-state index in [-0.39, 0.29) is 11.2 Å². The zero-order chi connectivity index (χ0) is 30.1. The highest BCUT2D eigenvalue weighted by atomic mass is 32.1. The van der Waals surface area contributed by atoms with Crippen molar-refractivity contribution >= 4 is 33.5 Å². The van der Waals surface area contributed by atoms with Crippen LogP contribution in [0.5, 0.6) is 5.75 Å². The standard InChI is InChI=1S/C39H36N2OS/c1-25(2)26-16-18-27(19-17-26)28-10-8-11-29(22-28)32-13-9-15-36-37(32)41-38(43-36)33-12-6-7-14-34(33)40-24-30-23-31(39(3,4)5)20-21-35(30)42/h6-25,42H,1-5H3. The fourth-order valence-corrected chi connectivity index (χ4v) is 6.28. The number of phenols is 1. The van der Waals surface area contributed by atoms with E-state index < -0.39 is 0 Å². The number of fused-ring (bicyclic) bond motifs is 1. The molecule has 1 heterocycles. The molecule has 0 bridgehead atoms. The van der Waals surface area contributed by atoms with Crippen molar-refractivity contribution < 1.29 is 5.11 Å². The van der Waals surface area contributed by atoms with Crippen molar-refractivity contribution in [2.45, 2.75) is 46.0 Å². The molecule has 0 atom stereocenters. The van der Waals surface area contributed by atoms with E-state index in [1.807, 2.05) is 30.3 Å². The third-order valence-electron chi connectivity index (χ3n) is 7.87. The van der Waals surface area contributed by atoms with Gasteiger partial charge in [0.05, 0.1) is 15.9 Å². The Kier molecular flexibility index (Phi) is 7.72. The maximum atomic E-state index is 10.5. The van der Waals surface area contributed by atoms with Crippen molar-refractivity contribution in [1.29, 1.82) is 0 Å². The Morgan fingerprint density at radius 3 is 2.23 bits per heavy atom. The van der Waals surface area contributed by atoms with Gasteiger partial charge in [-0.15, -0.1) is 11.3 Å². The van der Waals surface area contributed by atoms with Crippen LogP contribution < -0.4 is 0 Å². The van der Waals surface area contributed by atoms with Crippen molar-refractivity contribution in [3.8, 4) is 38.6 Å². The molecule has 0 aliphatic rings. The summed E-state index contributed by atoms with van der Waals surface area (Å²) in [7, 11) is 0. The van der Waals surface area contributed by atoms with Crippen LogP contribution in [0.4, 0.5) is 5.69 Å². The third kappa shape index (κ3) is 6.02. The number of para-hydroxylation sites is 2. The van der Waals surface area contributed by atoms with Crippen molar-refractivity contribution in [2.24, 2.45) is 4.99 Å². The summed E-state index contributed by atoms with van der Waals surface area (Å²) in [6.07, 6.45) is 1.75. The van der Waals surface area contributed by atoms with E-state index in [0.29, 0.717) is 11.5 Å². The molecule has 0 aliphatic heterocycles. The maximum absolute atomic E-state index is 10.5. The summed E-state index contributed by atoms with van der Waals surface area (Å²) < 4.78 is 1.13. The summed E-state index contributed by atoms with van der Waals surface area (Å²) in [6.45, 7) is 10.9. The molecule has 1 N–H and O–H groups in total. The number of hydrogen-bond donors (Lipinski definition) is 1. The molecule has 0 saturated heterocycles. The normalized spacial score (nSPS) is 12.0. The number of hydrogen-bond acceptors (Lipinski definition) is 4. The molecule has 0 spiro atoms. The average Bonchev–Trinajstić information content (AvgIpc) is 3.45. The van der Waals surface area contributed by atoms with Gasteiger partial charge in [-0.1, -0.05) is 107 Å². The van der Waals surface area contributed by atoms with E-state index in [2.05, 4.69) is 107 Å². The summed E-state index contributed by atoms with van der Waals surface area (Å²) in [4.78, 5) is 10.00. The second-order valence-electron chi connectivity index (χ2n) is 12.3. The largest absolute Gasteiger partial charge is 0.507 e. The number of aromatic hydroxyl groups is 1. The molecular weight excluding hydrogens is 545 g/mol. The van der Waals surface area contributed by atoms with Gasteiger partial charge in [0.15, 0.2) is 0 Å². The molecule has 1 aromatic heterocycles. The van der Waals surface area contributed by atoms with Gasteiger partial charge >= 0.3 is 0 Å².